The highest BCUT2D eigenvalue weighted by molar-refractivity contribution is 5.93. The average Bonchev–Trinajstić information content (AvgIpc) is 3.09. The van der Waals surface area contributed by atoms with Gasteiger partial charge in [-0.15, -0.1) is 0 Å². The van der Waals surface area contributed by atoms with Gasteiger partial charge < -0.3 is 10.2 Å². The van der Waals surface area contributed by atoms with E-state index in [1.54, 1.807) is 18.3 Å². The number of piperidine rings is 1. The van der Waals surface area contributed by atoms with E-state index >= 15 is 0 Å². The minimum atomic E-state index is -0.454. The fourth-order valence-corrected chi connectivity index (χ4v) is 3.48. The van der Waals surface area contributed by atoms with Crippen molar-refractivity contribution in [2.45, 2.75) is 19.3 Å². The van der Waals surface area contributed by atoms with Crippen LogP contribution in [-0.4, -0.2) is 51.3 Å². The lowest BCUT2D eigenvalue weighted by molar-refractivity contribution is 0.219. The molecule has 130 valence electrons. The topological polar surface area (TPSA) is 71.6 Å². The van der Waals surface area contributed by atoms with Gasteiger partial charge in [-0.2, -0.15) is 9.50 Å². The van der Waals surface area contributed by atoms with Gasteiger partial charge in [0.2, 0.25) is 0 Å². The van der Waals surface area contributed by atoms with E-state index in [0.29, 0.717) is 17.6 Å². The van der Waals surface area contributed by atoms with Crippen LogP contribution in [0.3, 0.4) is 0 Å². The van der Waals surface area contributed by atoms with E-state index in [0.717, 1.165) is 25.0 Å². The van der Waals surface area contributed by atoms with E-state index in [1.165, 1.54) is 28.5 Å². The smallest absolute Gasteiger partial charge is 0.335 e. The first kappa shape index (κ1) is 15.8. The number of hydrogen-bond acceptors (Lipinski definition) is 4. The Kier molecular flexibility index (Phi) is 4.23. The quantitative estimate of drug-likeness (QED) is 0.788. The highest BCUT2D eigenvalue weighted by atomic mass is 16.2. The van der Waals surface area contributed by atoms with Gasteiger partial charge in [-0.25, -0.2) is 14.3 Å². The summed E-state index contributed by atoms with van der Waals surface area (Å²) in [6.45, 7) is 3.59. The standard InChI is InChI=1S/C18H21N5O2/c24-17(19-9-13-21-10-4-1-5-11-21)22-12-8-16-14-6-2-3-7-15(14)20-18(25)23(16)22/h2-3,6-8,12H,1,4-5,9-11,13H2,(H,19,24). The minimum Gasteiger partial charge on any atom is -0.335 e. The molecule has 1 aromatic carbocycles. The van der Waals surface area contributed by atoms with Crippen LogP contribution >= 0.6 is 0 Å². The molecule has 0 saturated carbocycles. The zero-order valence-corrected chi connectivity index (χ0v) is 14.0. The molecule has 1 aliphatic heterocycles. The second-order valence-electron chi connectivity index (χ2n) is 6.40. The van der Waals surface area contributed by atoms with Crippen LogP contribution in [0.1, 0.15) is 19.3 Å². The van der Waals surface area contributed by atoms with Crippen molar-refractivity contribution in [3.05, 3.63) is 47.0 Å². The van der Waals surface area contributed by atoms with Crippen LogP contribution in [0, 0.1) is 0 Å². The number of hydrogen-bond donors (Lipinski definition) is 1. The summed E-state index contributed by atoms with van der Waals surface area (Å²) in [4.78, 5) is 31.3. The van der Waals surface area contributed by atoms with E-state index in [4.69, 9.17) is 0 Å². The van der Waals surface area contributed by atoms with Crippen LogP contribution in [0.4, 0.5) is 4.79 Å². The number of aromatic nitrogens is 3. The number of fused-ring (bicyclic) bond motifs is 3. The van der Waals surface area contributed by atoms with Gasteiger partial charge in [-0.05, 0) is 38.1 Å². The zero-order chi connectivity index (χ0) is 17.2. The van der Waals surface area contributed by atoms with Crippen molar-refractivity contribution in [3.8, 4) is 0 Å². The molecule has 7 heteroatoms. The molecule has 4 rings (SSSR count). The van der Waals surface area contributed by atoms with Gasteiger partial charge in [0, 0.05) is 24.7 Å². The van der Waals surface area contributed by atoms with Crippen LogP contribution in [0.5, 0.6) is 0 Å². The van der Waals surface area contributed by atoms with Crippen molar-refractivity contribution in [3.63, 3.8) is 0 Å². The molecule has 1 N–H and O–H groups in total. The number of amides is 1. The Morgan fingerprint density at radius 3 is 2.76 bits per heavy atom. The number of nitrogens with one attached hydrogen (secondary N) is 1. The Morgan fingerprint density at radius 1 is 1.12 bits per heavy atom. The fourth-order valence-electron chi connectivity index (χ4n) is 3.48. The largest absolute Gasteiger partial charge is 0.368 e. The van der Waals surface area contributed by atoms with E-state index < -0.39 is 5.69 Å². The van der Waals surface area contributed by atoms with Crippen molar-refractivity contribution >= 4 is 22.5 Å². The summed E-state index contributed by atoms with van der Waals surface area (Å²) in [6.07, 6.45) is 5.36. The van der Waals surface area contributed by atoms with Crippen LogP contribution < -0.4 is 11.0 Å². The molecular weight excluding hydrogens is 318 g/mol. The molecule has 0 aliphatic carbocycles. The summed E-state index contributed by atoms with van der Waals surface area (Å²) in [7, 11) is 0. The van der Waals surface area contributed by atoms with Gasteiger partial charge in [-0.3, -0.25) is 0 Å². The first-order chi connectivity index (χ1) is 12.2. The summed E-state index contributed by atoms with van der Waals surface area (Å²) >= 11 is 0. The Morgan fingerprint density at radius 2 is 1.92 bits per heavy atom. The second kappa shape index (κ2) is 6.68. The van der Waals surface area contributed by atoms with Gasteiger partial charge in [-0.1, -0.05) is 24.6 Å². The second-order valence-corrected chi connectivity index (χ2v) is 6.40. The summed E-state index contributed by atoms with van der Waals surface area (Å²) in [5, 5.41) is 3.74. The monoisotopic (exact) mass is 339 g/mol. The third-order valence-electron chi connectivity index (χ3n) is 4.76. The predicted molar refractivity (Wildman–Crippen MR) is 96.0 cm³/mol. The van der Waals surface area contributed by atoms with E-state index in [9.17, 15) is 9.59 Å². The lowest BCUT2D eigenvalue weighted by Crippen LogP contribution is -2.40. The van der Waals surface area contributed by atoms with Crippen molar-refractivity contribution < 1.29 is 4.79 Å². The molecule has 3 aromatic rings. The van der Waals surface area contributed by atoms with Gasteiger partial charge in [0.1, 0.15) is 0 Å². The molecule has 0 atom stereocenters. The van der Waals surface area contributed by atoms with Crippen molar-refractivity contribution in [1.82, 2.24) is 24.4 Å². The van der Waals surface area contributed by atoms with Gasteiger partial charge >= 0.3 is 11.7 Å². The maximum atomic E-state index is 12.5. The molecule has 7 nitrogen and oxygen atoms in total. The molecule has 1 saturated heterocycles. The Bertz CT molecular complexity index is 968. The molecule has 0 bridgehead atoms. The highest BCUT2D eigenvalue weighted by Gasteiger charge is 2.14. The molecule has 2 aromatic heterocycles. The number of carbonyl (C=O) groups is 1. The molecule has 0 unspecified atom stereocenters. The Hall–Kier alpha value is -2.67. The Labute approximate surface area is 144 Å². The first-order valence-corrected chi connectivity index (χ1v) is 8.74. The molecule has 1 aliphatic rings. The van der Waals surface area contributed by atoms with E-state index in [1.807, 2.05) is 18.2 Å². The molecule has 3 heterocycles. The van der Waals surface area contributed by atoms with Crippen LogP contribution in [-0.2, 0) is 0 Å². The van der Waals surface area contributed by atoms with Crippen molar-refractivity contribution in [2.24, 2.45) is 0 Å². The van der Waals surface area contributed by atoms with Crippen molar-refractivity contribution in [2.75, 3.05) is 26.2 Å². The number of carbonyl (C=O) groups excluding carboxylic acids is 1. The highest BCUT2D eigenvalue weighted by Crippen LogP contribution is 2.16. The molecule has 0 spiro atoms. The number of nitrogens with zero attached hydrogens (tertiary/aromatic N) is 4. The fraction of sp³-hybridized carbons (Fsp3) is 0.389. The summed E-state index contributed by atoms with van der Waals surface area (Å²) in [6, 6.07) is 8.89. The lowest BCUT2D eigenvalue weighted by atomic mass is 10.1. The molecule has 0 radical (unpaired) electrons. The van der Waals surface area contributed by atoms with Gasteiger partial charge in [0.25, 0.3) is 0 Å². The third kappa shape index (κ3) is 3.02. The first-order valence-electron chi connectivity index (χ1n) is 8.74. The average molecular weight is 339 g/mol. The van der Waals surface area contributed by atoms with Crippen LogP contribution in [0.2, 0.25) is 0 Å². The van der Waals surface area contributed by atoms with Crippen LogP contribution in [0.15, 0.2) is 41.3 Å². The van der Waals surface area contributed by atoms with Gasteiger partial charge in [0.05, 0.1) is 11.0 Å². The molecule has 1 amide bonds. The zero-order valence-electron chi connectivity index (χ0n) is 14.0. The SMILES string of the molecule is O=C(NCCN1CCCCC1)n1ccc2c3ccccc3nc(=O)n21. The minimum absolute atomic E-state index is 0.314. The van der Waals surface area contributed by atoms with Crippen molar-refractivity contribution in [1.29, 1.82) is 0 Å². The summed E-state index contributed by atoms with van der Waals surface area (Å²) < 4.78 is 2.62. The third-order valence-corrected chi connectivity index (χ3v) is 4.76. The van der Waals surface area contributed by atoms with E-state index in [2.05, 4.69) is 15.2 Å². The number of rotatable bonds is 3. The molecule has 1 fully saturated rings. The van der Waals surface area contributed by atoms with E-state index in [-0.39, 0.29) is 6.03 Å². The molecular formula is C18H21N5O2. The maximum Gasteiger partial charge on any atom is 0.368 e. The lowest BCUT2D eigenvalue weighted by Gasteiger charge is -2.26. The Balaban J connectivity index is 1.55. The molecule has 25 heavy (non-hydrogen) atoms. The summed E-state index contributed by atoms with van der Waals surface area (Å²) in [5.74, 6) is 0. The predicted octanol–water partition coefficient (Wildman–Crippen LogP) is 1.69. The number of benzene rings is 1. The maximum absolute atomic E-state index is 12.5. The number of likely N-dealkylation sites (tertiary alicyclic amines) is 1. The van der Waals surface area contributed by atoms with Crippen LogP contribution in [0.25, 0.3) is 16.4 Å². The van der Waals surface area contributed by atoms with Gasteiger partial charge in [0.15, 0.2) is 0 Å². The summed E-state index contributed by atoms with van der Waals surface area (Å²) in [5.41, 5.74) is 0.863. The number of para-hydroxylation sites is 1. The normalized spacial score (nSPS) is 15.7.